The van der Waals surface area contributed by atoms with Gasteiger partial charge in [-0.3, -0.25) is 14.6 Å². The predicted molar refractivity (Wildman–Crippen MR) is 107 cm³/mol. The molecule has 26 heavy (non-hydrogen) atoms. The molecule has 3 rings (SSSR count). The fourth-order valence-corrected chi connectivity index (χ4v) is 4.62. The number of hydrogen-bond donors (Lipinski definition) is 0. The van der Waals surface area contributed by atoms with Gasteiger partial charge in [-0.05, 0) is 64.7 Å². The highest BCUT2D eigenvalue weighted by atomic mass is 16.2. The van der Waals surface area contributed by atoms with Crippen LogP contribution in [0, 0.1) is 5.92 Å². The molecule has 1 aromatic rings. The maximum Gasteiger partial charge on any atom is 0.226 e. The Balaban J connectivity index is 1.48. The molecular formula is C22H35N3O. The van der Waals surface area contributed by atoms with E-state index in [-0.39, 0.29) is 5.92 Å². The minimum atomic E-state index is 0.214. The summed E-state index contributed by atoms with van der Waals surface area (Å²) in [6.07, 6.45) is 4.71. The molecule has 0 bridgehead atoms. The molecule has 0 N–H and O–H groups in total. The number of rotatable bonds is 6. The van der Waals surface area contributed by atoms with Gasteiger partial charge in [0.25, 0.3) is 0 Å². The largest absolute Gasteiger partial charge is 0.343 e. The van der Waals surface area contributed by atoms with Crippen LogP contribution in [0.2, 0.25) is 0 Å². The summed E-state index contributed by atoms with van der Waals surface area (Å²) >= 11 is 0. The maximum absolute atomic E-state index is 12.7. The van der Waals surface area contributed by atoms with E-state index in [2.05, 4.69) is 54.0 Å². The van der Waals surface area contributed by atoms with E-state index in [9.17, 15) is 4.79 Å². The van der Waals surface area contributed by atoms with Crippen molar-refractivity contribution in [2.45, 2.75) is 52.1 Å². The molecule has 0 radical (unpaired) electrons. The Labute approximate surface area is 159 Å². The molecule has 2 aliphatic heterocycles. The standard InChI is InChI=1S/C22H35N3O/c1-3-24(4-2)22(26)20-11-8-14-25(18-20)21-12-15-23(16-13-21)17-19-9-6-5-7-10-19/h5-7,9-10,20-21H,3-4,8,11-18H2,1-2H3/t20-/m0/s1. The fourth-order valence-electron chi connectivity index (χ4n) is 4.62. The quantitative estimate of drug-likeness (QED) is 0.782. The topological polar surface area (TPSA) is 26.8 Å². The SMILES string of the molecule is CCN(CC)C(=O)[C@H]1CCCN(C2CCN(Cc3ccccc3)CC2)C1. The number of carbonyl (C=O) groups excluding carboxylic acids is 1. The molecule has 2 saturated heterocycles. The van der Waals surface area contributed by atoms with Crippen molar-refractivity contribution in [3.8, 4) is 0 Å². The molecule has 1 amide bonds. The van der Waals surface area contributed by atoms with Gasteiger partial charge in [-0.1, -0.05) is 30.3 Å². The molecule has 0 spiro atoms. The van der Waals surface area contributed by atoms with Crippen molar-refractivity contribution in [1.29, 1.82) is 0 Å². The zero-order valence-electron chi connectivity index (χ0n) is 16.6. The number of amides is 1. The van der Waals surface area contributed by atoms with Crippen LogP contribution in [0.25, 0.3) is 0 Å². The molecule has 144 valence electrons. The molecule has 1 atom stereocenters. The summed E-state index contributed by atoms with van der Waals surface area (Å²) in [7, 11) is 0. The van der Waals surface area contributed by atoms with Crippen LogP contribution in [0.3, 0.4) is 0 Å². The van der Waals surface area contributed by atoms with Gasteiger partial charge in [0, 0.05) is 32.2 Å². The van der Waals surface area contributed by atoms with Gasteiger partial charge in [0.1, 0.15) is 0 Å². The minimum Gasteiger partial charge on any atom is -0.343 e. The van der Waals surface area contributed by atoms with Crippen molar-refractivity contribution in [2.24, 2.45) is 5.92 Å². The van der Waals surface area contributed by atoms with E-state index in [1.54, 1.807) is 0 Å². The summed E-state index contributed by atoms with van der Waals surface area (Å²) in [6, 6.07) is 11.4. The van der Waals surface area contributed by atoms with E-state index in [0.29, 0.717) is 11.9 Å². The summed E-state index contributed by atoms with van der Waals surface area (Å²) in [6.45, 7) is 11.4. The molecule has 2 heterocycles. The van der Waals surface area contributed by atoms with Gasteiger partial charge in [-0.15, -0.1) is 0 Å². The second-order valence-corrected chi connectivity index (χ2v) is 7.84. The summed E-state index contributed by atoms with van der Waals surface area (Å²) in [5, 5.41) is 0. The van der Waals surface area contributed by atoms with Crippen molar-refractivity contribution >= 4 is 5.91 Å². The van der Waals surface area contributed by atoms with Crippen LogP contribution in [0.5, 0.6) is 0 Å². The number of carbonyl (C=O) groups is 1. The lowest BCUT2D eigenvalue weighted by atomic mass is 9.92. The molecule has 0 saturated carbocycles. The first-order valence-corrected chi connectivity index (χ1v) is 10.5. The van der Waals surface area contributed by atoms with Crippen LogP contribution in [0.4, 0.5) is 0 Å². The van der Waals surface area contributed by atoms with Gasteiger partial charge >= 0.3 is 0 Å². The highest BCUT2D eigenvalue weighted by Crippen LogP contribution is 2.25. The van der Waals surface area contributed by atoms with Crippen LogP contribution < -0.4 is 0 Å². The van der Waals surface area contributed by atoms with Crippen LogP contribution in [-0.4, -0.2) is 65.9 Å². The van der Waals surface area contributed by atoms with E-state index in [1.807, 2.05) is 4.90 Å². The average molecular weight is 358 g/mol. The van der Waals surface area contributed by atoms with Gasteiger partial charge in [0.05, 0.1) is 5.92 Å². The highest BCUT2D eigenvalue weighted by Gasteiger charge is 2.32. The van der Waals surface area contributed by atoms with Gasteiger partial charge in [0.15, 0.2) is 0 Å². The van der Waals surface area contributed by atoms with Crippen molar-refractivity contribution in [3.63, 3.8) is 0 Å². The smallest absolute Gasteiger partial charge is 0.226 e. The molecule has 4 heteroatoms. The number of nitrogens with zero attached hydrogens (tertiary/aromatic N) is 3. The Morgan fingerprint density at radius 3 is 2.38 bits per heavy atom. The normalized spacial score (nSPS) is 23.1. The lowest BCUT2D eigenvalue weighted by Crippen LogP contribution is -2.51. The third kappa shape index (κ3) is 4.86. The van der Waals surface area contributed by atoms with E-state index in [0.717, 1.165) is 32.6 Å². The number of piperidine rings is 2. The van der Waals surface area contributed by atoms with Crippen molar-refractivity contribution < 1.29 is 4.79 Å². The maximum atomic E-state index is 12.7. The number of likely N-dealkylation sites (tertiary alicyclic amines) is 2. The Hall–Kier alpha value is -1.39. The monoisotopic (exact) mass is 357 g/mol. The van der Waals surface area contributed by atoms with E-state index >= 15 is 0 Å². The second kappa shape index (κ2) is 9.52. The predicted octanol–water partition coefficient (Wildman–Crippen LogP) is 3.23. The van der Waals surface area contributed by atoms with Crippen LogP contribution >= 0.6 is 0 Å². The Morgan fingerprint density at radius 2 is 1.73 bits per heavy atom. The van der Waals surface area contributed by atoms with Crippen molar-refractivity contribution in [1.82, 2.24) is 14.7 Å². The van der Waals surface area contributed by atoms with Gasteiger partial charge in [-0.25, -0.2) is 0 Å². The zero-order valence-corrected chi connectivity index (χ0v) is 16.6. The van der Waals surface area contributed by atoms with Crippen molar-refractivity contribution in [3.05, 3.63) is 35.9 Å². The van der Waals surface area contributed by atoms with E-state index in [4.69, 9.17) is 0 Å². The van der Waals surface area contributed by atoms with Crippen molar-refractivity contribution in [2.75, 3.05) is 39.3 Å². The summed E-state index contributed by atoms with van der Waals surface area (Å²) in [5.74, 6) is 0.590. The Kier molecular flexibility index (Phi) is 7.09. The lowest BCUT2D eigenvalue weighted by Gasteiger charge is -2.42. The third-order valence-corrected chi connectivity index (χ3v) is 6.20. The average Bonchev–Trinajstić information content (AvgIpc) is 2.70. The third-order valence-electron chi connectivity index (χ3n) is 6.20. The molecule has 0 unspecified atom stereocenters. The van der Waals surface area contributed by atoms with Crippen LogP contribution in [0.15, 0.2) is 30.3 Å². The first kappa shape index (κ1) is 19.4. The molecule has 4 nitrogen and oxygen atoms in total. The van der Waals surface area contributed by atoms with Gasteiger partial charge < -0.3 is 4.90 Å². The van der Waals surface area contributed by atoms with Gasteiger partial charge in [0.2, 0.25) is 5.91 Å². The summed E-state index contributed by atoms with van der Waals surface area (Å²) in [5.41, 5.74) is 1.41. The fraction of sp³-hybridized carbons (Fsp3) is 0.682. The molecule has 0 aliphatic carbocycles. The highest BCUT2D eigenvalue weighted by molar-refractivity contribution is 5.79. The Morgan fingerprint density at radius 1 is 1.04 bits per heavy atom. The number of hydrogen-bond acceptors (Lipinski definition) is 3. The summed E-state index contributed by atoms with van der Waals surface area (Å²) < 4.78 is 0. The first-order valence-electron chi connectivity index (χ1n) is 10.5. The number of benzene rings is 1. The molecule has 2 fully saturated rings. The molecule has 2 aliphatic rings. The lowest BCUT2D eigenvalue weighted by molar-refractivity contribution is -0.137. The van der Waals surface area contributed by atoms with E-state index in [1.165, 1.54) is 44.5 Å². The molecular weight excluding hydrogens is 322 g/mol. The van der Waals surface area contributed by atoms with Crippen LogP contribution in [0.1, 0.15) is 45.1 Å². The summed E-state index contributed by atoms with van der Waals surface area (Å²) in [4.78, 5) is 19.9. The first-order chi connectivity index (χ1) is 12.7. The van der Waals surface area contributed by atoms with Gasteiger partial charge in [-0.2, -0.15) is 0 Å². The Bertz CT molecular complexity index is 550. The molecule has 0 aromatic heterocycles. The molecule has 1 aromatic carbocycles. The van der Waals surface area contributed by atoms with E-state index < -0.39 is 0 Å². The zero-order chi connectivity index (χ0) is 18.4. The van der Waals surface area contributed by atoms with Crippen LogP contribution in [-0.2, 0) is 11.3 Å². The second-order valence-electron chi connectivity index (χ2n) is 7.84. The minimum absolute atomic E-state index is 0.214.